The van der Waals surface area contributed by atoms with Gasteiger partial charge in [-0.05, 0) is 19.3 Å². The van der Waals surface area contributed by atoms with E-state index in [9.17, 15) is 10.2 Å². The van der Waals surface area contributed by atoms with Crippen molar-refractivity contribution in [3.63, 3.8) is 0 Å². The average Bonchev–Trinajstić information content (AvgIpc) is 2.80. The first-order valence-electron chi connectivity index (χ1n) is 15.6. The lowest BCUT2D eigenvalue weighted by Gasteiger charge is -2.15. The van der Waals surface area contributed by atoms with Gasteiger partial charge in [0.2, 0.25) is 0 Å². The highest BCUT2D eigenvalue weighted by molar-refractivity contribution is 4.64. The lowest BCUT2D eigenvalue weighted by atomic mass is 10.00. The molecule has 0 spiro atoms. The predicted molar refractivity (Wildman–Crippen MR) is 148 cm³/mol. The van der Waals surface area contributed by atoms with Gasteiger partial charge in [-0.25, -0.2) is 0 Å². The Balaban J connectivity index is 3.15. The summed E-state index contributed by atoms with van der Waals surface area (Å²) in [5, 5.41) is 20.0. The molecule has 0 aromatic heterocycles. The van der Waals surface area contributed by atoms with Crippen molar-refractivity contribution >= 4 is 0 Å². The standard InChI is InChI=1S/C31H64O2/c1-3-5-7-8-9-10-11-12-13-14-15-16-17-18-19-20-21-22-23-24-26-28-31(33)29-30(32)27-25-6-4-2/h30-33H,3-29H2,1-2H3. The van der Waals surface area contributed by atoms with E-state index in [0.717, 1.165) is 25.7 Å². The molecule has 0 aromatic carbocycles. The van der Waals surface area contributed by atoms with Crippen LogP contribution in [0.2, 0.25) is 0 Å². The predicted octanol–water partition coefficient (Wildman–Crippen LogP) is 10.3. The topological polar surface area (TPSA) is 40.5 Å². The molecule has 0 radical (unpaired) electrons. The van der Waals surface area contributed by atoms with E-state index < -0.39 is 0 Å². The molecule has 2 nitrogen and oxygen atoms in total. The van der Waals surface area contributed by atoms with Crippen LogP contribution in [-0.2, 0) is 0 Å². The van der Waals surface area contributed by atoms with Crippen molar-refractivity contribution in [1.29, 1.82) is 0 Å². The summed E-state index contributed by atoms with van der Waals surface area (Å²) in [4.78, 5) is 0. The summed E-state index contributed by atoms with van der Waals surface area (Å²) in [7, 11) is 0. The lowest BCUT2D eigenvalue weighted by Crippen LogP contribution is -2.17. The third-order valence-corrected chi connectivity index (χ3v) is 7.33. The molecule has 0 aliphatic rings. The fourth-order valence-corrected chi connectivity index (χ4v) is 4.99. The first-order chi connectivity index (χ1) is 16.2. The van der Waals surface area contributed by atoms with Crippen molar-refractivity contribution in [2.45, 2.75) is 199 Å². The fourth-order valence-electron chi connectivity index (χ4n) is 4.99. The zero-order valence-electron chi connectivity index (χ0n) is 23.1. The SMILES string of the molecule is CCCCCCCCCCCCCCCCCCCCCCCC(O)CC(O)CCCCC. The van der Waals surface area contributed by atoms with Gasteiger partial charge in [-0.3, -0.25) is 0 Å². The summed E-state index contributed by atoms with van der Waals surface area (Å²) in [5.41, 5.74) is 0. The van der Waals surface area contributed by atoms with E-state index in [-0.39, 0.29) is 12.2 Å². The molecule has 0 fully saturated rings. The smallest absolute Gasteiger partial charge is 0.0564 e. The summed E-state index contributed by atoms with van der Waals surface area (Å²) in [6.45, 7) is 4.48. The Morgan fingerprint density at radius 2 is 0.545 bits per heavy atom. The van der Waals surface area contributed by atoms with Crippen molar-refractivity contribution in [2.24, 2.45) is 0 Å². The molecular weight excluding hydrogens is 404 g/mol. The minimum absolute atomic E-state index is 0.304. The van der Waals surface area contributed by atoms with Crippen LogP contribution in [-0.4, -0.2) is 22.4 Å². The van der Waals surface area contributed by atoms with Gasteiger partial charge >= 0.3 is 0 Å². The molecule has 0 saturated carbocycles. The van der Waals surface area contributed by atoms with Crippen LogP contribution in [0, 0.1) is 0 Å². The molecule has 0 amide bonds. The van der Waals surface area contributed by atoms with Crippen LogP contribution in [0.1, 0.15) is 187 Å². The van der Waals surface area contributed by atoms with E-state index in [1.54, 1.807) is 0 Å². The molecule has 0 aliphatic heterocycles. The normalized spacial score (nSPS) is 13.5. The number of hydrogen-bond donors (Lipinski definition) is 2. The fraction of sp³-hybridized carbons (Fsp3) is 1.00. The van der Waals surface area contributed by atoms with E-state index in [1.165, 1.54) is 141 Å². The van der Waals surface area contributed by atoms with Crippen LogP contribution in [0.3, 0.4) is 0 Å². The minimum Gasteiger partial charge on any atom is -0.393 e. The molecule has 33 heavy (non-hydrogen) atoms. The van der Waals surface area contributed by atoms with Gasteiger partial charge in [-0.2, -0.15) is 0 Å². The minimum atomic E-state index is -0.304. The van der Waals surface area contributed by atoms with Crippen LogP contribution in [0.5, 0.6) is 0 Å². The molecule has 2 unspecified atom stereocenters. The molecule has 2 heteroatoms. The molecule has 0 rings (SSSR count). The average molecular weight is 469 g/mol. The maximum Gasteiger partial charge on any atom is 0.0564 e. The zero-order valence-corrected chi connectivity index (χ0v) is 23.1. The van der Waals surface area contributed by atoms with Crippen LogP contribution in [0.15, 0.2) is 0 Å². The van der Waals surface area contributed by atoms with Crippen molar-refractivity contribution in [3.8, 4) is 0 Å². The van der Waals surface area contributed by atoms with Crippen molar-refractivity contribution < 1.29 is 10.2 Å². The Morgan fingerprint density at radius 3 is 0.848 bits per heavy atom. The maximum atomic E-state index is 10.1. The Bertz CT molecular complexity index is 344. The Labute approximate surface area is 209 Å². The van der Waals surface area contributed by atoms with Crippen molar-refractivity contribution in [2.75, 3.05) is 0 Å². The van der Waals surface area contributed by atoms with E-state index in [0.29, 0.717) is 6.42 Å². The van der Waals surface area contributed by atoms with Gasteiger partial charge in [0, 0.05) is 0 Å². The summed E-state index contributed by atoms with van der Waals surface area (Å²) < 4.78 is 0. The maximum absolute atomic E-state index is 10.1. The molecule has 200 valence electrons. The quantitative estimate of drug-likeness (QED) is 0.112. The van der Waals surface area contributed by atoms with E-state index in [2.05, 4.69) is 13.8 Å². The molecular formula is C31H64O2. The second kappa shape index (κ2) is 28.2. The molecule has 0 saturated heterocycles. The van der Waals surface area contributed by atoms with Crippen LogP contribution < -0.4 is 0 Å². The molecule has 0 aliphatic carbocycles. The second-order valence-electron chi connectivity index (χ2n) is 10.9. The lowest BCUT2D eigenvalue weighted by molar-refractivity contribution is 0.0681. The summed E-state index contributed by atoms with van der Waals surface area (Å²) >= 11 is 0. The van der Waals surface area contributed by atoms with Gasteiger partial charge in [-0.1, -0.05) is 168 Å². The Morgan fingerprint density at radius 1 is 0.333 bits per heavy atom. The summed E-state index contributed by atoms with van der Waals surface area (Å²) in [6, 6.07) is 0. The van der Waals surface area contributed by atoms with Gasteiger partial charge in [-0.15, -0.1) is 0 Å². The van der Waals surface area contributed by atoms with Crippen LogP contribution >= 0.6 is 0 Å². The van der Waals surface area contributed by atoms with Crippen molar-refractivity contribution in [3.05, 3.63) is 0 Å². The number of aliphatic hydroxyl groups excluding tert-OH is 2. The van der Waals surface area contributed by atoms with Gasteiger partial charge in [0.05, 0.1) is 12.2 Å². The molecule has 0 aromatic rings. The Kier molecular flexibility index (Phi) is 28.1. The third-order valence-electron chi connectivity index (χ3n) is 7.33. The molecule has 2 atom stereocenters. The highest BCUT2D eigenvalue weighted by atomic mass is 16.3. The number of rotatable bonds is 28. The molecule has 2 N–H and O–H groups in total. The monoisotopic (exact) mass is 468 g/mol. The second-order valence-corrected chi connectivity index (χ2v) is 10.9. The third kappa shape index (κ3) is 28.0. The van der Waals surface area contributed by atoms with E-state index in [1.807, 2.05) is 0 Å². The first-order valence-corrected chi connectivity index (χ1v) is 15.6. The number of hydrogen-bond acceptors (Lipinski definition) is 2. The van der Waals surface area contributed by atoms with Gasteiger partial charge in [0.25, 0.3) is 0 Å². The van der Waals surface area contributed by atoms with Crippen LogP contribution in [0.25, 0.3) is 0 Å². The highest BCUT2D eigenvalue weighted by Gasteiger charge is 2.11. The largest absolute Gasteiger partial charge is 0.393 e. The summed E-state index contributed by atoms with van der Waals surface area (Å²) in [5.74, 6) is 0. The van der Waals surface area contributed by atoms with Gasteiger partial charge < -0.3 is 10.2 Å². The summed E-state index contributed by atoms with van der Waals surface area (Å²) in [6.07, 6.45) is 34.7. The van der Waals surface area contributed by atoms with Crippen molar-refractivity contribution in [1.82, 2.24) is 0 Å². The van der Waals surface area contributed by atoms with Gasteiger partial charge in [0.15, 0.2) is 0 Å². The molecule has 0 bridgehead atoms. The number of unbranched alkanes of at least 4 members (excludes halogenated alkanes) is 22. The van der Waals surface area contributed by atoms with Gasteiger partial charge in [0.1, 0.15) is 0 Å². The van der Waals surface area contributed by atoms with E-state index in [4.69, 9.17) is 0 Å². The first kappa shape index (κ1) is 32.9. The van der Waals surface area contributed by atoms with Crippen LogP contribution in [0.4, 0.5) is 0 Å². The number of aliphatic hydroxyl groups is 2. The highest BCUT2D eigenvalue weighted by Crippen LogP contribution is 2.16. The zero-order chi connectivity index (χ0) is 24.2. The Hall–Kier alpha value is -0.0800. The van der Waals surface area contributed by atoms with E-state index >= 15 is 0 Å². The molecule has 0 heterocycles.